The first kappa shape index (κ1) is 24.0. The van der Waals surface area contributed by atoms with Gasteiger partial charge in [0.05, 0.1) is 44.2 Å². The summed E-state index contributed by atoms with van der Waals surface area (Å²) in [6, 6.07) is 13.8. The van der Waals surface area contributed by atoms with Crippen LogP contribution < -0.4 is 5.32 Å². The Morgan fingerprint density at radius 1 is 1.06 bits per heavy atom. The maximum Gasteiger partial charge on any atom is 0.340 e. The zero-order chi connectivity index (χ0) is 24.2. The molecule has 0 bridgehead atoms. The Labute approximate surface area is 211 Å². The van der Waals surface area contributed by atoms with Crippen molar-refractivity contribution in [1.82, 2.24) is 9.97 Å². The molecule has 1 N–H and O–H groups in total. The molecule has 0 fully saturated rings. The molecule has 1 unspecified atom stereocenters. The van der Waals surface area contributed by atoms with Gasteiger partial charge in [-0.2, -0.15) is 12.6 Å². The van der Waals surface area contributed by atoms with Gasteiger partial charge in [0.15, 0.2) is 0 Å². The van der Waals surface area contributed by atoms with Crippen LogP contribution in [0.15, 0.2) is 67.1 Å². The largest absolute Gasteiger partial charge is 0.462 e. The molecule has 34 heavy (non-hydrogen) atoms. The number of aromatic nitrogens is 2. The number of para-hydroxylation sites is 1. The first-order chi connectivity index (χ1) is 16.4. The summed E-state index contributed by atoms with van der Waals surface area (Å²) in [7, 11) is 0. The first-order valence-corrected chi connectivity index (χ1v) is 11.6. The maximum absolute atomic E-state index is 13.0. The molecule has 172 valence electrons. The molecule has 0 aliphatic heterocycles. The molecule has 2 aromatic carbocycles. The van der Waals surface area contributed by atoms with Gasteiger partial charge in [-0.15, -0.1) is 0 Å². The molecule has 2 aromatic heterocycles. The number of anilines is 1. The smallest absolute Gasteiger partial charge is 0.340 e. The number of hydrogen-bond donors (Lipinski definition) is 2. The number of hydrogen-bond acceptors (Lipinski definition) is 6. The van der Waals surface area contributed by atoms with Crippen LogP contribution in [-0.2, 0) is 4.74 Å². The zero-order valence-corrected chi connectivity index (χ0v) is 20.4. The Hall–Kier alpha value is -3.13. The van der Waals surface area contributed by atoms with E-state index in [0.717, 1.165) is 5.56 Å². The Kier molecular flexibility index (Phi) is 7.36. The van der Waals surface area contributed by atoms with Gasteiger partial charge in [0.25, 0.3) is 5.91 Å². The van der Waals surface area contributed by atoms with Gasteiger partial charge < -0.3 is 10.1 Å². The van der Waals surface area contributed by atoms with Crippen molar-refractivity contribution in [2.24, 2.45) is 0 Å². The van der Waals surface area contributed by atoms with Crippen LogP contribution in [0.3, 0.4) is 0 Å². The van der Waals surface area contributed by atoms with Crippen LogP contribution in [0.4, 0.5) is 5.69 Å². The van der Waals surface area contributed by atoms with Crippen LogP contribution in [-0.4, -0.2) is 28.5 Å². The van der Waals surface area contributed by atoms with Crippen LogP contribution >= 0.6 is 35.8 Å². The summed E-state index contributed by atoms with van der Waals surface area (Å²) in [4.78, 5) is 34.3. The van der Waals surface area contributed by atoms with Gasteiger partial charge in [-0.25, -0.2) is 4.79 Å². The number of ether oxygens (including phenoxy) is 1. The lowest BCUT2D eigenvalue weighted by Crippen LogP contribution is -2.15. The minimum absolute atomic E-state index is 0.162. The molecule has 4 rings (SSSR count). The summed E-state index contributed by atoms with van der Waals surface area (Å²) < 4.78 is 5.26. The van der Waals surface area contributed by atoms with E-state index < -0.39 is 17.1 Å². The highest BCUT2D eigenvalue weighted by Crippen LogP contribution is 2.37. The van der Waals surface area contributed by atoms with Crippen LogP contribution in [0.25, 0.3) is 10.9 Å². The van der Waals surface area contributed by atoms with Crippen LogP contribution in [0.1, 0.15) is 44.0 Å². The molecular formula is C25H19Cl2N3O3S. The molecule has 0 saturated carbocycles. The van der Waals surface area contributed by atoms with E-state index in [-0.39, 0.29) is 22.2 Å². The number of nitrogens with one attached hydrogen (secondary N) is 1. The van der Waals surface area contributed by atoms with E-state index in [1.807, 2.05) is 18.2 Å². The van der Waals surface area contributed by atoms with Gasteiger partial charge in [-0.1, -0.05) is 41.4 Å². The van der Waals surface area contributed by atoms with E-state index in [2.05, 4.69) is 15.3 Å². The fourth-order valence-electron chi connectivity index (χ4n) is 3.62. The highest BCUT2D eigenvalue weighted by atomic mass is 35.5. The van der Waals surface area contributed by atoms with Gasteiger partial charge in [-0.3, -0.25) is 14.8 Å². The highest BCUT2D eigenvalue weighted by Gasteiger charge is 2.24. The van der Waals surface area contributed by atoms with Crippen molar-refractivity contribution in [2.75, 3.05) is 11.9 Å². The van der Waals surface area contributed by atoms with Gasteiger partial charge >= 0.3 is 5.97 Å². The first-order valence-electron chi connectivity index (χ1n) is 10.3. The molecule has 0 aliphatic carbocycles. The monoisotopic (exact) mass is 511 g/mol. The molecule has 2 heterocycles. The summed E-state index contributed by atoms with van der Waals surface area (Å²) in [5.74, 6) is -0.977. The van der Waals surface area contributed by atoms with Crippen molar-refractivity contribution in [3.05, 3.63) is 99.4 Å². The number of halogens is 2. The molecule has 1 amide bonds. The van der Waals surface area contributed by atoms with E-state index in [1.165, 1.54) is 6.20 Å². The van der Waals surface area contributed by atoms with Crippen molar-refractivity contribution in [1.29, 1.82) is 0 Å². The van der Waals surface area contributed by atoms with E-state index in [0.29, 0.717) is 27.7 Å². The minimum atomic E-state index is -0.503. The number of rotatable bonds is 6. The molecule has 4 aromatic rings. The second-order valence-corrected chi connectivity index (χ2v) is 8.57. The van der Waals surface area contributed by atoms with Crippen molar-refractivity contribution in [2.45, 2.75) is 12.2 Å². The van der Waals surface area contributed by atoms with E-state index in [4.69, 9.17) is 40.6 Å². The molecule has 1 atom stereocenters. The molecule has 9 heteroatoms. The molecule has 0 saturated heterocycles. The van der Waals surface area contributed by atoms with Crippen molar-refractivity contribution in [3.8, 4) is 0 Å². The normalized spacial score (nSPS) is 11.8. The topological polar surface area (TPSA) is 81.2 Å². The predicted molar refractivity (Wildman–Crippen MR) is 137 cm³/mol. The summed E-state index contributed by atoms with van der Waals surface area (Å²) in [6.07, 6.45) is 4.76. The van der Waals surface area contributed by atoms with Crippen LogP contribution in [0.2, 0.25) is 10.0 Å². The summed E-state index contributed by atoms with van der Waals surface area (Å²) in [5.41, 5.74) is 2.83. The standard InChI is InChI=1S/C25H19Cl2N3O3S/c1-2-33-25(32)16-13-29-22-15(20(16)23(34)14-9-11-28-12-10-14)5-3-8-19(22)30-24(31)21-17(26)6-4-7-18(21)27/h3-13,23,34H,2H2,1H3,(H,30,31). The lowest BCUT2D eigenvalue weighted by atomic mass is 9.96. The second kappa shape index (κ2) is 10.4. The third kappa shape index (κ3) is 4.73. The van der Waals surface area contributed by atoms with Crippen LogP contribution in [0.5, 0.6) is 0 Å². The zero-order valence-electron chi connectivity index (χ0n) is 18.0. The van der Waals surface area contributed by atoms with Crippen LogP contribution in [0, 0.1) is 0 Å². The lowest BCUT2D eigenvalue weighted by Gasteiger charge is -2.19. The molecule has 0 spiro atoms. The fraction of sp³-hybridized carbons (Fsp3) is 0.120. The van der Waals surface area contributed by atoms with Gasteiger partial charge in [0.1, 0.15) is 0 Å². The molecule has 0 radical (unpaired) electrons. The third-order valence-electron chi connectivity index (χ3n) is 5.17. The number of carbonyl (C=O) groups excluding carboxylic acids is 2. The number of esters is 1. The number of fused-ring (bicyclic) bond motifs is 1. The van der Waals surface area contributed by atoms with Crippen molar-refractivity contribution >= 4 is 64.3 Å². The predicted octanol–water partition coefficient (Wildman–Crippen LogP) is 6.38. The Balaban J connectivity index is 1.86. The molecule has 6 nitrogen and oxygen atoms in total. The fourth-order valence-corrected chi connectivity index (χ4v) is 4.64. The maximum atomic E-state index is 13.0. The van der Waals surface area contributed by atoms with Gasteiger partial charge in [0.2, 0.25) is 0 Å². The summed E-state index contributed by atoms with van der Waals surface area (Å²) in [5, 5.41) is 3.48. The number of pyridine rings is 2. The Bertz CT molecular complexity index is 1360. The number of thiol groups is 1. The highest BCUT2D eigenvalue weighted by molar-refractivity contribution is 7.80. The summed E-state index contributed by atoms with van der Waals surface area (Å²) >= 11 is 17.2. The SMILES string of the molecule is CCOC(=O)c1cnc2c(NC(=O)c3c(Cl)cccc3Cl)cccc2c1C(S)c1ccncc1. The van der Waals surface area contributed by atoms with E-state index in [1.54, 1.807) is 49.6 Å². The second-order valence-electron chi connectivity index (χ2n) is 7.24. The lowest BCUT2D eigenvalue weighted by molar-refractivity contribution is 0.0525. The Morgan fingerprint density at radius 2 is 1.74 bits per heavy atom. The van der Waals surface area contributed by atoms with E-state index >= 15 is 0 Å². The average Bonchev–Trinajstić information content (AvgIpc) is 2.83. The average molecular weight is 512 g/mol. The number of carbonyl (C=O) groups is 2. The number of amides is 1. The summed E-state index contributed by atoms with van der Waals surface area (Å²) in [6.45, 7) is 1.96. The Morgan fingerprint density at radius 3 is 2.41 bits per heavy atom. The van der Waals surface area contributed by atoms with Crippen molar-refractivity contribution < 1.29 is 14.3 Å². The third-order valence-corrected chi connectivity index (χ3v) is 6.35. The minimum Gasteiger partial charge on any atom is -0.462 e. The quantitative estimate of drug-likeness (QED) is 0.231. The number of benzene rings is 2. The van der Waals surface area contributed by atoms with E-state index in [9.17, 15) is 9.59 Å². The molecular weight excluding hydrogens is 493 g/mol. The van der Waals surface area contributed by atoms with Gasteiger partial charge in [-0.05, 0) is 48.4 Å². The van der Waals surface area contributed by atoms with Crippen molar-refractivity contribution in [3.63, 3.8) is 0 Å². The molecule has 0 aliphatic rings. The number of nitrogens with zero attached hydrogens (tertiary/aromatic N) is 2. The van der Waals surface area contributed by atoms with Gasteiger partial charge in [0, 0.05) is 24.0 Å².